The first-order valence-electron chi connectivity index (χ1n) is 5.91. The Bertz CT molecular complexity index is 469. The van der Waals surface area contributed by atoms with Gasteiger partial charge in [-0.2, -0.15) is 0 Å². The van der Waals surface area contributed by atoms with Gasteiger partial charge in [0.25, 0.3) is 5.69 Å². The zero-order chi connectivity index (χ0) is 14.4. The summed E-state index contributed by atoms with van der Waals surface area (Å²) in [4.78, 5) is 21.3. The maximum absolute atomic E-state index is 10.9. The number of benzene rings is 1. The number of ether oxygens (including phenoxy) is 2. The topological polar surface area (TPSA) is 105 Å². The number of rotatable bonds is 3. The second kappa shape index (κ2) is 6.81. The van der Waals surface area contributed by atoms with Crippen molar-refractivity contribution in [2.75, 3.05) is 13.2 Å². The predicted octanol–water partition coefficient (Wildman–Crippen LogP) is 1.77. The molecule has 104 valence electrons. The fourth-order valence-corrected chi connectivity index (χ4v) is 1.59. The van der Waals surface area contributed by atoms with Crippen molar-refractivity contribution in [1.29, 1.82) is 0 Å². The van der Waals surface area contributed by atoms with Gasteiger partial charge in [-0.3, -0.25) is 14.9 Å². The van der Waals surface area contributed by atoms with Crippen LogP contribution in [0, 0.1) is 10.1 Å². The van der Waals surface area contributed by atoms with Gasteiger partial charge in [0.1, 0.15) is 0 Å². The van der Waals surface area contributed by atoms with Crippen molar-refractivity contribution in [3.8, 4) is 0 Å². The Labute approximate surface area is 110 Å². The van der Waals surface area contributed by atoms with E-state index >= 15 is 0 Å². The minimum Gasteiger partial charge on any atom is -0.366 e. The van der Waals surface area contributed by atoms with Crippen LogP contribution in [0.3, 0.4) is 0 Å². The largest absolute Gasteiger partial charge is 0.366 e. The van der Waals surface area contributed by atoms with E-state index in [1.165, 1.54) is 12.1 Å². The van der Waals surface area contributed by atoms with Crippen LogP contribution in [0.25, 0.3) is 0 Å². The maximum atomic E-state index is 10.9. The molecule has 1 saturated heterocycles. The van der Waals surface area contributed by atoms with Crippen LogP contribution in [0.5, 0.6) is 0 Å². The molecule has 1 heterocycles. The number of nitrogens with zero attached hydrogens (tertiary/aromatic N) is 1. The van der Waals surface area contributed by atoms with E-state index in [4.69, 9.17) is 15.2 Å². The molecular formula is C12H16N2O5. The third-order valence-electron chi connectivity index (χ3n) is 2.39. The molecule has 1 amide bonds. The van der Waals surface area contributed by atoms with Crippen LogP contribution in [0.4, 0.5) is 5.69 Å². The van der Waals surface area contributed by atoms with Crippen molar-refractivity contribution in [2.24, 2.45) is 5.73 Å². The monoisotopic (exact) mass is 268 g/mol. The van der Waals surface area contributed by atoms with Gasteiger partial charge < -0.3 is 15.2 Å². The van der Waals surface area contributed by atoms with Crippen molar-refractivity contribution in [1.82, 2.24) is 0 Å². The molecule has 1 aliphatic rings. The lowest BCUT2D eigenvalue weighted by molar-refractivity contribution is -0.386. The Morgan fingerprint density at radius 2 is 1.95 bits per heavy atom. The van der Waals surface area contributed by atoms with E-state index in [-0.39, 0.29) is 16.8 Å². The van der Waals surface area contributed by atoms with Crippen LogP contribution in [0.15, 0.2) is 18.2 Å². The molecule has 0 bridgehead atoms. The van der Waals surface area contributed by atoms with Crippen LogP contribution in [-0.4, -0.2) is 24.0 Å². The number of hydrogen-bond donors (Lipinski definition) is 1. The average molecular weight is 268 g/mol. The summed E-state index contributed by atoms with van der Waals surface area (Å²) in [5, 5.41) is 10.9. The third kappa shape index (κ3) is 3.49. The second-order valence-corrected chi connectivity index (χ2v) is 3.47. The highest BCUT2D eigenvalue weighted by molar-refractivity contribution is 5.93. The van der Waals surface area contributed by atoms with E-state index < -0.39 is 17.1 Å². The molecule has 0 saturated carbocycles. The number of amides is 1. The number of primary amides is 1. The van der Waals surface area contributed by atoms with Gasteiger partial charge in [0.15, 0.2) is 6.29 Å². The Morgan fingerprint density at radius 3 is 2.42 bits per heavy atom. The lowest BCUT2D eigenvalue weighted by Gasteiger charge is -2.10. The Morgan fingerprint density at radius 1 is 1.37 bits per heavy atom. The maximum Gasteiger partial charge on any atom is 0.278 e. The fourth-order valence-electron chi connectivity index (χ4n) is 1.59. The first-order valence-corrected chi connectivity index (χ1v) is 5.91. The fraction of sp³-hybridized carbons (Fsp3) is 0.417. The minimum absolute atomic E-state index is 0.0819. The van der Waals surface area contributed by atoms with Crippen molar-refractivity contribution in [3.05, 3.63) is 39.4 Å². The lowest BCUT2D eigenvalue weighted by atomic mass is 10.1. The summed E-state index contributed by atoms with van der Waals surface area (Å²) in [6.07, 6.45) is -0.752. The van der Waals surface area contributed by atoms with Gasteiger partial charge in [-0.15, -0.1) is 0 Å². The van der Waals surface area contributed by atoms with E-state index in [0.717, 1.165) is 6.07 Å². The standard InChI is InChI=1S/C10H10N2O5.C2H6/c11-9(13)6-1-2-7(8(5-6)12(14)15)10-16-3-4-17-10;1-2/h1-2,5,10H,3-4H2,(H2,11,13);1-2H3. The van der Waals surface area contributed by atoms with Gasteiger partial charge in [-0.05, 0) is 12.1 Å². The summed E-state index contributed by atoms with van der Waals surface area (Å²) >= 11 is 0. The first-order chi connectivity index (χ1) is 9.09. The molecule has 19 heavy (non-hydrogen) atoms. The van der Waals surface area contributed by atoms with Crippen LogP contribution in [0.1, 0.15) is 36.1 Å². The van der Waals surface area contributed by atoms with Crippen LogP contribution >= 0.6 is 0 Å². The number of carbonyl (C=O) groups excluding carboxylic acids is 1. The molecule has 7 nitrogen and oxygen atoms in total. The summed E-state index contributed by atoms with van der Waals surface area (Å²) in [7, 11) is 0. The summed E-state index contributed by atoms with van der Waals surface area (Å²) in [6.45, 7) is 4.78. The van der Waals surface area contributed by atoms with E-state index in [2.05, 4.69) is 0 Å². The van der Waals surface area contributed by atoms with Gasteiger partial charge in [0.05, 0.1) is 23.7 Å². The van der Waals surface area contributed by atoms with Crippen molar-refractivity contribution >= 4 is 11.6 Å². The predicted molar refractivity (Wildman–Crippen MR) is 67.6 cm³/mol. The number of nitro benzene ring substituents is 1. The van der Waals surface area contributed by atoms with Crippen LogP contribution in [0.2, 0.25) is 0 Å². The van der Waals surface area contributed by atoms with E-state index in [1.807, 2.05) is 13.8 Å². The van der Waals surface area contributed by atoms with Gasteiger partial charge in [-0.25, -0.2) is 0 Å². The molecule has 1 aliphatic heterocycles. The Hall–Kier alpha value is -1.99. The van der Waals surface area contributed by atoms with Crippen LogP contribution in [-0.2, 0) is 9.47 Å². The quantitative estimate of drug-likeness (QED) is 0.664. The molecule has 1 fully saturated rings. The highest BCUT2D eigenvalue weighted by Crippen LogP contribution is 2.31. The van der Waals surface area contributed by atoms with Crippen LogP contribution < -0.4 is 5.73 Å². The van der Waals surface area contributed by atoms with Gasteiger partial charge in [0.2, 0.25) is 5.91 Å². The second-order valence-electron chi connectivity index (χ2n) is 3.47. The third-order valence-corrected chi connectivity index (χ3v) is 2.39. The van der Waals surface area contributed by atoms with Crippen molar-refractivity contribution in [2.45, 2.75) is 20.1 Å². The number of nitro groups is 1. The van der Waals surface area contributed by atoms with Gasteiger partial charge in [-0.1, -0.05) is 13.8 Å². The molecule has 0 radical (unpaired) electrons. The molecule has 2 N–H and O–H groups in total. The normalized spacial score (nSPS) is 14.6. The zero-order valence-corrected chi connectivity index (χ0v) is 10.8. The first kappa shape index (κ1) is 15.1. The summed E-state index contributed by atoms with van der Waals surface area (Å²) in [6, 6.07) is 3.96. The van der Waals surface area contributed by atoms with Gasteiger partial charge in [0, 0.05) is 11.6 Å². The summed E-state index contributed by atoms with van der Waals surface area (Å²) < 4.78 is 10.4. The molecule has 1 aromatic carbocycles. The SMILES string of the molecule is CC.NC(=O)c1ccc(C2OCCO2)c([N+](=O)[O-])c1. The van der Waals surface area contributed by atoms with Crippen molar-refractivity contribution in [3.63, 3.8) is 0 Å². The molecule has 0 atom stereocenters. The minimum atomic E-state index is -0.752. The molecule has 1 aromatic rings. The smallest absolute Gasteiger partial charge is 0.278 e. The number of carbonyl (C=O) groups is 1. The highest BCUT2D eigenvalue weighted by atomic mass is 16.7. The molecule has 0 spiro atoms. The molecular weight excluding hydrogens is 252 g/mol. The van der Waals surface area contributed by atoms with E-state index in [9.17, 15) is 14.9 Å². The van der Waals surface area contributed by atoms with Gasteiger partial charge >= 0.3 is 0 Å². The summed E-state index contributed by atoms with van der Waals surface area (Å²) in [5.74, 6) is -0.715. The Balaban J connectivity index is 0.000000861. The molecule has 0 unspecified atom stereocenters. The Kier molecular flexibility index (Phi) is 5.40. The molecule has 0 aliphatic carbocycles. The molecule has 7 heteroatoms. The zero-order valence-electron chi connectivity index (χ0n) is 10.8. The number of nitrogens with two attached hydrogens (primary N) is 1. The lowest BCUT2D eigenvalue weighted by Crippen LogP contribution is -2.12. The van der Waals surface area contributed by atoms with E-state index in [0.29, 0.717) is 13.2 Å². The molecule has 2 rings (SSSR count). The number of hydrogen-bond acceptors (Lipinski definition) is 5. The highest BCUT2D eigenvalue weighted by Gasteiger charge is 2.27. The average Bonchev–Trinajstić information content (AvgIpc) is 2.94. The summed E-state index contributed by atoms with van der Waals surface area (Å²) in [5.41, 5.74) is 5.21. The molecule has 0 aromatic heterocycles. The van der Waals surface area contributed by atoms with E-state index in [1.54, 1.807) is 0 Å². The van der Waals surface area contributed by atoms with Crippen molar-refractivity contribution < 1.29 is 19.2 Å².